The summed E-state index contributed by atoms with van der Waals surface area (Å²) in [7, 11) is -3.94. The average molecular weight is 392 g/mol. The van der Waals surface area contributed by atoms with Gasteiger partial charge >= 0.3 is 6.01 Å². The molecule has 142 valence electrons. The molecule has 0 aliphatic heterocycles. The number of hydrogen-bond acceptors (Lipinski definition) is 7. The molecule has 0 atom stereocenters. The molecule has 0 fully saturated rings. The summed E-state index contributed by atoms with van der Waals surface area (Å²) in [5.41, 5.74) is 1.10. The molecule has 1 aromatic carbocycles. The molecule has 0 saturated carbocycles. The first-order valence-electron chi connectivity index (χ1n) is 7.92. The molecule has 3 rings (SSSR count). The van der Waals surface area contributed by atoms with Crippen LogP contribution in [-0.4, -0.2) is 23.5 Å². The van der Waals surface area contributed by atoms with Gasteiger partial charge in [0.1, 0.15) is 5.69 Å². The first-order chi connectivity index (χ1) is 12.7. The van der Waals surface area contributed by atoms with Gasteiger partial charge in [-0.1, -0.05) is 17.3 Å². The van der Waals surface area contributed by atoms with Gasteiger partial charge in [-0.15, -0.1) is 0 Å². The number of rotatable bonds is 5. The third-order valence-corrected chi connectivity index (χ3v) is 5.35. The Bertz CT molecular complexity index is 1070. The Balaban J connectivity index is 1.93. The van der Waals surface area contributed by atoms with Crippen molar-refractivity contribution < 1.29 is 22.1 Å². The molecule has 8 nitrogen and oxygen atoms in total. The fourth-order valence-electron chi connectivity index (χ4n) is 2.55. The lowest BCUT2D eigenvalue weighted by Crippen LogP contribution is -2.17. The number of halogens is 1. The minimum absolute atomic E-state index is 0.0275. The second kappa shape index (κ2) is 6.95. The Hall–Kier alpha value is -3.01. The fraction of sp³-hybridized carbons (Fsp3) is 0.235. The molecule has 0 radical (unpaired) electrons. The number of para-hydroxylation sites is 1. The average Bonchev–Trinajstić information content (AvgIpc) is 2.93. The summed E-state index contributed by atoms with van der Waals surface area (Å²) in [6.45, 7) is 6.23. The van der Waals surface area contributed by atoms with Gasteiger partial charge in [0.2, 0.25) is 0 Å². The van der Waals surface area contributed by atoms with Gasteiger partial charge in [-0.3, -0.25) is 4.72 Å². The van der Waals surface area contributed by atoms with Gasteiger partial charge in [0, 0.05) is 0 Å². The van der Waals surface area contributed by atoms with Crippen LogP contribution in [0.15, 0.2) is 33.7 Å². The van der Waals surface area contributed by atoms with Crippen LogP contribution in [0.3, 0.4) is 0 Å². The SMILES string of the molecule is Cc1nc(Oc2ccccc2F)nc(C)c1NS(=O)(=O)c1c(C)noc1C. The lowest BCUT2D eigenvalue weighted by Gasteiger charge is -2.13. The molecule has 2 aromatic heterocycles. The van der Waals surface area contributed by atoms with Crippen LogP contribution in [0, 0.1) is 33.5 Å². The number of aromatic nitrogens is 3. The van der Waals surface area contributed by atoms with Crippen molar-refractivity contribution in [1.29, 1.82) is 0 Å². The largest absolute Gasteiger partial charge is 0.421 e. The van der Waals surface area contributed by atoms with Gasteiger partial charge in [-0.05, 0) is 39.8 Å². The summed E-state index contributed by atoms with van der Waals surface area (Å²) >= 11 is 0. The van der Waals surface area contributed by atoms with Crippen molar-refractivity contribution >= 4 is 15.7 Å². The van der Waals surface area contributed by atoms with Crippen molar-refractivity contribution in [2.75, 3.05) is 4.72 Å². The van der Waals surface area contributed by atoms with E-state index < -0.39 is 15.8 Å². The first-order valence-corrected chi connectivity index (χ1v) is 9.40. The highest BCUT2D eigenvalue weighted by Gasteiger charge is 2.26. The van der Waals surface area contributed by atoms with Crippen molar-refractivity contribution in [1.82, 2.24) is 15.1 Å². The molecule has 0 amide bonds. The Kier molecular flexibility index (Phi) is 4.83. The molecule has 1 N–H and O–H groups in total. The van der Waals surface area contributed by atoms with Crippen molar-refractivity contribution in [3.8, 4) is 11.8 Å². The van der Waals surface area contributed by atoms with Gasteiger partial charge in [-0.25, -0.2) is 12.8 Å². The summed E-state index contributed by atoms with van der Waals surface area (Å²) in [6.07, 6.45) is 0. The third kappa shape index (κ3) is 3.75. The highest BCUT2D eigenvalue weighted by Crippen LogP contribution is 2.28. The quantitative estimate of drug-likeness (QED) is 0.709. The Morgan fingerprint density at radius 1 is 1.04 bits per heavy atom. The highest BCUT2D eigenvalue weighted by atomic mass is 32.2. The van der Waals surface area contributed by atoms with Crippen molar-refractivity contribution in [3.63, 3.8) is 0 Å². The van der Waals surface area contributed by atoms with Gasteiger partial charge in [0.05, 0.1) is 17.1 Å². The molecule has 0 spiro atoms. The Morgan fingerprint density at radius 2 is 1.67 bits per heavy atom. The monoisotopic (exact) mass is 392 g/mol. The molecule has 27 heavy (non-hydrogen) atoms. The maximum atomic E-state index is 13.7. The van der Waals surface area contributed by atoms with E-state index in [1.165, 1.54) is 32.0 Å². The molecule has 0 unspecified atom stereocenters. The number of anilines is 1. The minimum Gasteiger partial charge on any atom is -0.421 e. The fourth-order valence-corrected chi connectivity index (χ4v) is 4.06. The number of aryl methyl sites for hydroxylation is 4. The van der Waals surface area contributed by atoms with Crippen LogP contribution in [0.25, 0.3) is 0 Å². The van der Waals surface area contributed by atoms with E-state index in [2.05, 4.69) is 19.8 Å². The zero-order valence-electron chi connectivity index (χ0n) is 15.1. The van der Waals surface area contributed by atoms with Crippen LogP contribution in [0.1, 0.15) is 22.8 Å². The van der Waals surface area contributed by atoms with E-state index in [1.807, 2.05) is 0 Å². The number of nitrogens with zero attached hydrogens (tertiary/aromatic N) is 3. The van der Waals surface area contributed by atoms with Gasteiger partial charge in [0.25, 0.3) is 10.0 Å². The second-order valence-corrected chi connectivity index (χ2v) is 7.46. The molecule has 0 bridgehead atoms. The van der Waals surface area contributed by atoms with E-state index in [4.69, 9.17) is 9.26 Å². The number of nitrogens with one attached hydrogen (secondary N) is 1. The minimum atomic E-state index is -3.94. The molecule has 10 heteroatoms. The van der Waals surface area contributed by atoms with Gasteiger partial charge in [-0.2, -0.15) is 9.97 Å². The topological polar surface area (TPSA) is 107 Å². The summed E-state index contributed by atoms with van der Waals surface area (Å²) in [6, 6.07) is 5.75. The van der Waals surface area contributed by atoms with Crippen molar-refractivity contribution in [3.05, 3.63) is 52.9 Å². The van der Waals surface area contributed by atoms with Crippen LogP contribution < -0.4 is 9.46 Å². The lowest BCUT2D eigenvalue weighted by molar-refractivity contribution is 0.390. The molecule has 0 aliphatic rings. The molecule has 0 saturated heterocycles. The Labute approximate surface area is 155 Å². The van der Waals surface area contributed by atoms with Crippen LogP contribution in [0.4, 0.5) is 10.1 Å². The number of sulfonamides is 1. The predicted molar refractivity (Wildman–Crippen MR) is 94.8 cm³/mol. The summed E-state index contributed by atoms with van der Waals surface area (Å²) in [4.78, 5) is 8.20. The van der Waals surface area contributed by atoms with Crippen molar-refractivity contribution in [2.45, 2.75) is 32.6 Å². The van der Waals surface area contributed by atoms with Crippen LogP contribution >= 0.6 is 0 Å². The van der Waals surface area contributed by atoms with Gasteiger partial charge < -0.3 is 9.26 Å². The second-order valence-electron chi connectivity index (χ2n) is 5.84. The smallest absolute Gasteiger partial charge is 0.322 e. The predicted octanol–water partition coefficient (Wildman–Crippen LogP) is 3.43. The summed E-state index contributed by atoms with van der Waals surface area (Å²) < 4.78 is 51.8. The third-order valence-electron chi connectivity index (χ3n) is 3.76. The number of benzene rings is 1. The van der Waals surface area contributed by atoms with Gasteiger partial charge in [0.15, 0.2) is 22.2 Å². The summed E-state index contributed by atoms with van der Waals surface area (Å²) in [5, 5.41) is 3.66. The normalized spacial score (nSPS) is 11.4. The molecular formula is C17H17FN4O4S. The molecule has 3 aromatic rings. The summed E-state index contributed by atoms with van der Waals surface area (Å²) in [5.74, 6) is -0.407. The van der Waals surface area contributed by atoms with Crippen molar-refractivity contribution in [2.24, 2.45) is 0 Å². The lowest BCUT2D eigenvalue weighted by atomic mass is 10.3. The van der Waals surface area contributed by atoms with E-state index in [0.29, 0.717) is 11.4 Å². The number of hydrogen-bond donors (Lipinski definition) is 1. The highest BCUT2D eigenvalue weighted by molar-refractivity contribution is 7.92. The molecule has 0 aliphatic carbocycles. The Morgan fingerprint density at radius 3 is 2.22 bits per heavy atom. The van der Waals surface area contributed by atoms with E-state index in [9.17, 15) is 12.8 Å². The zero-order chi connectivity index (χ0) is 19.8. The maximum Gasteiger partial charge on any atom is 0.322 e. The van der Waals surface area contributed by atoms with E-state index in [-0.39, 0.29) is 33.8 Å². The molecule has 2 heterocycles. The van der Waals surface area contributed by atoms with Crippen LogP contribution in [-0.2, 0) is 10.0 Å². The van der Waals surface area contributed by atoms with E-state index in [1.54, 1.807) is 19.9 Å². The first kappa shape index (κ1) is 18.8. The van der Waals surface area contributed by atoms with Crippen LogP contribution in [0.5, 0.6) is 11.8 Å². The van der Waals surface area contributed by atoms with E-state index >= 15 is 0 Å². The number of ether oxygens (including phenoxy) is 1. The zero-order valence-corrected chi connectivity index (χ0v) is 15.9. The van der Waals surface area contributed by atoms with Crippen LogP contribution in [0.2, 0.25) is 0 Å². The molecular weight excluding hydrogens is 375 g/mol. The maximum absolute atomic E-state index is 13.7. The van der Waals surface area contributed by atoms with E-state index in [0.717, 1.165) is 0 Å². The standard InChI is InChI=1S/C17H17FN4O4S/c1-9-15(22-27(23,24)16-11(3)21-26-12(16)4)10(2)20-17(19-9)25-14-8-6-5-7-13(14)18/h5-8,22H,1-4H3.